The number of rotatable bonds is 9. The van der Waals surface area contributed by atoms with Crippen LogP contribution in [0.4, 0.5) is 13.2 Å². The smallest absolute Gasteiger partial charge is 0.385 e. The van der Waals surface area contributed by atoms with E-state index in [2.05, 4.69) is 15.4 Å². The minimum atomic E-state index is -5.33. The predicted molar refractivity (Wildman–Crippen MR) is 116 cm³/mol. The third-order valence-corrected chi connectivity index (χ3v) is 4.85. The van der Waals surface area contributed by atoms with Gasteiger partial charge in [-0.15, -0.1) is 12.4 Å². The van der Waals surface area contributed by atoms with Gasteiger partial charge in [-0.05, 0) is 31.4 Å². The molecule has 0 aliphatic carbocycles. The van der Waals surface area contributed by atoms with Crippen LogP contribution in [0.15, 0.2) is 24.3 Å². The maximum Gasteiger partial charge on any atom is 0.491 e. The van der Waals surface area contributed by atoms with Crippen LogP contribution in [0.5, 0.6) is 0 Å². The van der Waals surface area contributed by atoms with Gasteiger partial charge in [-0.2, -0.15) is 13.2 Å². The minimum absolute atomic E-state index is 0. The Balaban J connectivity index is 0.00000578. The molecule has 1 unspecified atom stereocenters. The molecule has 14 heteroatoms. The van der Waals surface area contributed by atoms with Crippen LogP contribution in [-0.4, -0.2) is 72.9 Å². The Bertz CT molecular complexity index is 911. The lowest BCUT2D eigenvalue weighted by Crippen LogP contribution is -2.55. The van der Waals surface area contributed by atoms with Crippen molar-refractivity contribution in [2.75, 3.05) is 26.2 Å². The molecule has 0 radical (unpaired) electrons. The first-order valence-corrected chi connectivity index (χ1v) is 10.1. The van der Waals surface area contributed by atoms with Crippen molar-refractivity contribution >= 4 is 42.0 Å². The fraction of sp³-hybridized carbons (Fsp3) is 0.450. The average molecular weight is 508 g/mol. The number of hydrogen-bond donors (Lipinski definition) is 4. The molecule has 34 heavy (non-hydrogen) atoms. The second-order valence-electron chi connectivity index (χ2n) is 7.23. The highest BCUT2D eigenvalue weighted by molar-refractivity contribution is 5.98. The number of esters is 2. The monoisotopic (exact) mass is 507 g/mol. The second-order valence-corrected chi connectivity index (χ2v) is 7.23. The van der Waals surface area contributed by atoms with Gasteiger partial charge in [-0.1, -0.05) is 12.1 Å². The van der Waals surface area contributed by atoms with Gasteiger partial charge in [0, 0.05) is 30.8 Å². The Labute approximate surface area is 199 Å². The molecule has 1 aliphatic rings. The number of benzene rings is 1. The fourth-order valence-electron chi connectivity index (χ4n) is 3.14. The number of nitrogens with two attached hydrogens (primary N) is 1. The molecule has 10 nitrogen and oxygen atoms in total. The molecular weight excluding hydrogens is 483 g/mol. The van der Waals surface area contributed by atoms with Crippen molar-refractivity contribution in [3.05, 3.63) is 35.4 Å². The number of carbonyl (C=O) groups excluding carboxylic acids is 4. The normalized spacial score (nSPS) is 14.6. The maximum absolute atomic E-state index is 12.4. The van der Waals surface area contributed by atoms with E-state index in [0.29, 0.717) is 24.1 Å². The molecule has 1 atom stereocenters. The highest BCUT2D eigenvalue weighted by Gasteiger charge is 2.44. The topological polar surface area (TPSA) is 155 Å². The van der Waals surface area contributed by atoms with Crippen LogP contribution < -0.4 is 16.4 Å². The Hall–Kier alpha value is -3.19. The third-order valence-electron chi connectivity index (χ3n) is 4.85. The fourth-order valence-corrected chi connectivity index (χ4v) is 3.14. The largest absolute Gasteiger partial charge is 0.491 e. The molecule has 1 aromatic rings. The number of carbonyl (C=O) groups is 4. The lowest BCUT2D eigenvalue weighted by Gasteiger charge is -2.33. The number of nitrogens with zero attached hydrogens (tertiary/aromatic N) is 1. The van der Waals surface area contributed by atoms with Gasteiger partial charge < -0.3 is 26.0 Å². The van der Waals surface area contributed by atoms with E-state index in [4.69, 9.17) is 11.1 Å². The summed E-state index contributed by atoms with van der Waals surface area (Å²) in [5.41, 5.74) is 6.17. The van der Waals surface area contributed by atoms with Crippen molar-refractivity contribution in [2.45, 2.75) is 31.5 Å². The molecule has 1 saturated heterocycles. The molecule has 1 aliphatic heterocycles. The van der Waals surface area contributed by atoms with Crippen molar-refractivity contribution in [3.63, 3.8) is 0 Å². The molecule has 5 N–H and O–H groups in total. The highest BCUT2D eigenvalue weighted by Crippen LogP contribution is 2.19. The first kappa shape index (κ1) is 28.8. The SMILES string of the molecule is Cl.N=C(N)c1ccc(C(=O)NCCCCC(C(=O)OC(=O)C(F)(F)F)N2CCNCC2=O)cc1. The summed E-state index contributed by atoms with van der Waals surface area (Å²) >= 11 is 0. The molecule has 1 fully saturated rings. The number of piperazine rings is 1. The number of alkyl halides is 3. The van der Waals surface area contributed by atoms with Gasteiger partial charge in [-0.3, -0.25) is 15.0 Å². The molecule has 0 aromatic heterocycles. The van der Waals surface area contributed by atoms with E-state index in [1.807, 2.05) is 0 Å². The first-order valence-electron chi connectivity index (χ1n) is 10.1. The van der Waals surface area contributed by atoms with E-state index in [1.165, 1.54) is 24.3 Å². The van der Waals surface area contributed by atoms with E-state index >= 15 is 0 Å². The number of hydrogen-bond acceptors (Lipinski definition) is 7. The molecule has 0 bridgehead atoms. The Kier molecular flexibility index (Phi) is 10.9. The van der Waals surface area contributed by atoms with Crippen molar-refractivity contribution in [3.8, 4) is 0 Å². The van der Waals surface area contributed by atoms with E-state index in [-0.39, 0.29) is 56.6 Å². The lowest BCUT2D eigenvalue weighted by atomic mass is 10.1. The zero-order valence-electron chi connectivity index (χ0n) is 17.9. The van der Waals surface area contributed by atoms with E-state index in [9.17, 15) is 32.3 Å². The van der Waals surface area contributed by atoms with E-state index < -0.39 is 30.1 Å². The average Bonchev–Trinajstić information content (AvgIpc) is 2.76. The Morgan fingerprint density at radius 2 is 1.79 bits per heavy atom. The number of amides is 2. The number of halogens is 4. The van der Waals surface area contributed by atoms with Gasteiger partial charge in [0.25, 0.3) is 5.91 Å². The summed E-state index contributed by atoms with van der Waals surface area (Å²) in [6, 6.07) is 4.72. The summed E-state index contributed by atoms with van der Waals surface area (Å²) in [6.45, 7) is 0.522. The summed E-state index contributed by atoms with van der Waals surface area (Å²) in [5.74, 6) is -5.08. The number of amidine groups is 1. The van der Waals surface area contributed by atoms with Gasteiger partial charge in [0.2, 0.25) is 5.91 Å². The molecule has 188 valence electrons. The van der Waals surface area contributed by atoms with Crippen LogP contribution in [0.25, 0.3) is 0 Å². The van der Waals surface area contributed by atoms with Gasteiger partial charge in [-0.25, -0.2) is 9.59 Å². The lowest BCUT2D eigenvalue weighted by molar-refractivity contribution is -0.203. The minimum Gasteiger partial charge on any atom is -0.385 e. The molecule has 0 saturated carbocycles. The zero-order valence-corrected chi connectivity index (χ0v) is 18.8. The number of ether oxygens (including phenoxy) is 1. The maximum atomic E-state index is 12.4. The number of nitrogen functional groups attached to an aromatic ring is 1. The Morgan fingerprint density at radius 3 is 2.35 bits per heavy atom. The number of nitrogens with one attached hydrogen (secondary N) is 3. The summed E-state index contributed by atoms with van der Waals surface area (Å²) in [5, 5.41) is 12.8. The summed E-state index contributed by atoms with van der Waals surface area (Å²) < 4.78 is 41.3. The van der Waals surface area contributed by atoms with Gasteiger partial charge in [0.1, 0.15) is 11.9 Å². The van der Waals surface area contributed by atoms with E-state index in [1.54, 1.807) is 0 Å². The van der Waals surface area contributed by atoms with Crippen LogP contribution in [-0.2, 0) is 19.1 Å². The van der Waals surface area contributed by atoms with Crippen molar-refractivity contribution < 1.29 is 37.1 Å². The van der Waals surface area contributed by atoms with Crippen molar-refractivity contribution in [1.82, 2.24) is 15.5 Å². The molecule has 2 rings (SSSR count). The van der Waals surface area contributed by atoms with Crippen LogP contribution in [0.2, 0.25) is 0 Å². The molecule has 0 spiro atoms. The zero-order chi connectivity index (χ0) is 24.6. The first-order chi connectivity index (χ1) is 15.5. The molecular formula is C20H25ClF3N5O5. The quantitative estimate of drug-likeness (QED) is 0.126. The number of unbranched alkanes of at least 4 members (excludes halogenated alkanes) is 1. The van der Waals surface area contributed by atoms with E-state index in [0.717, 1.165) is 4.90 Å². The van der Waals surface area contributed by atoms with Gasteiger partial charge >= 0.3 is 18.1 Å². The van der Waals surface area contributed by atoms with Crippen molar-refractivity contribution in [1.29, 1.82) is 5.41 Å². The van der Waals surface area contributed by atoms with Gasteiger partial charge in [0.05, 0.1) is 6.54 Å². The summed E-state index contributed by atoms with van der Waals surface area (Å²) in [4.78, 5) is 48.6. The molecule has 1 aromatic carbocycles. The van der Waals surface area contributed by atoms with Crippen molar-refractivity contribution in [2.24, 2.45) is 5.73 Å². The van der Waals surface area contributed by atoms with Crippen LogP contribution >= 0.6 is 12.4 Å². The van der Waals surface area contributed by atoms with Crippen LogP contribution in [0, 0.1) is 5.41 Å². The van der Waals surface area contributed by atoms with Gasteiger partial charge in [0.15, 0.2) is 0 Å². The molecule has 2 amide bonds. The summed E-state index contributed by atoms with van der Waals surface area (Å²) in [6.07, 6.45) is -4.76. The Morgan fingerprint density at radius 1 is 1.18 bits per heavy atom. The highest BCUT2D eigenvalue weighted by atomic mass is 35.5. The van der Waals surface area contributed by atoms with Crippen LogP contribution in [0.3, 0.4) is 0 Å². The predicted octanol–water partition coefficient (Wildman–Crippen LogP) is 0.725. The second kappa shape index (κ2) is 12.9. The summed E-state index contributed by atoms with van der Waals surface area (Å²) in [7, 11) is 0. The third kappa shape index (κ3) is 8.30. The standard InChI is InChI=1S/C20H24F3N5O5.ClH/c21-20(22,23)19(32)33-18(31)14(28-10-9-26-11-15(28)29)3-1-2-8-27-17(30)13-6-4-12(5-7-13)16(24)25;/h4-7,14,26H,1-3,8-11H2,(H3,24,25)(H,27,30);1H. The van der Waals surface area contributed by atoms with Crippen LogP contribution in [0.1, 0.15) is 35.2 Å². The molecule has 1 heterocycles.